The second-order valence-corrected chi connectivity index (χ2v) is 4.76. The highest BCUT2D eigenvalue weighted by Crippen LogP contribution is 2.15. The Morgan fingerprint density at radius 3 is 2.81 bits per heavy atom. The third kappa shape index (κ3) is 2.68. The smallest absolute Gasteiger partial charge is 0.145 e. The van der Waals surface area contributed by atoms with Gasteiger partial charge in [-0.3, -0.25) is 10.2 Å². The van der Waals surface area contributed by atoms with Gasteiger partial charge in [0.05, 0.1) is 17.9 Å². The minimum absolute atomic E-state index is 0.0295. The van der Waals surface area contributed by atoms with Gasteiger partial charge < -0.3 is 0 Å². The van der Waals surface area contributed by atoms with E-state index in [2.05, 4.69) is 9.98 Å². The summed E-state index contributed by atoms with van der Waals surface area (Å²) >= 11 is 6.08. The maximum atomic E-state index is 10.6. The Morgan fingerprint density at radius 2 is 2.10 bits per heavy atom. The van der Waals surface area contributed by atoms with Gasteiger partial charge >= 0.3 is 0 Å². The Morgan fingerprint density at radius 1 is 1.33 bits per heavy atom. The van der Waals surface area contributed by atoms with Gasteiger partial charge in [-0.1, -0.05) is 41.8 Å². The number of halogens is 1. The van der Waals surface area contributed by atoms with Gasteiger partial charge in [-0.15, -0.1) is 0 Å². The number of rotatable bonds is 1. The molecule has 0 aromatic heterocycles. The molecule has 0 atom stereocenters. The van der Waals surface area contributed by atoms with E-state index in [0.29, 0.717) is 21.4 Å². The summed E-state index contributed by atoms with van der Waals surface area (Å²) in [5.74, 6) is 0.318. The van der Waals surface area contributed by atoms with Crippen molar-refractivity contribution in [3.8, 4) is 0 Å². The number of hydrogen-bond donors (Lipinski definition) is 1. The zero-order chi connectivity index (χ0) is 19.2. The van der Waals surface area contributed by atoms with Crippen molar-refractivity contribution in [2.24, 2.45) is 9.98 Å². The quantitative estimate of drug-likeness (QED) is 0.874. The lowest BCUT2D eigenvalue weighted by Gasteiger charge is -2.19. The Kier molecular flexibility index (Phi) is 2.42. The van der Waals surface area contributed by atoms with Gasteiger partial charge in [-0.2, -0.15) is 0 Å². The molecule has 0 amide bonds. The molecule has 0 radical (unpaired) electrons. The second-order valence-electron chi connectivity index (χ2n) is 4.32. The summed E-state index contributed by atoms with van der Waals surface area (Å²) < 4.78 is 39.9. The predicted molar refractivity (Wildman–Crippen MR) is 83.0 cm³/mol. The Labute approximate surface area is 134 Å². The Bertz CT molecular complexity index is 1040. The SMILES string of the molecule is [2H]c1c([2H])c([2H])c(C2=c3cc(Cl)ccc3=NC(=NC)CN2O)c([2H])c1[2H]. The molecule has 1 aliphatic rings. The van der Waals surface area contributed by atoms with E-state index in [9.17, 15) is 5.21 Å². The first-order valence-corrected chi connectivity index (χ1v) is 6.52. The van der Waals surface area contributed by atoms with Crippen LogP contribution < -0.4 is 10.6 Å². The van der Waals surface area contributed by atoms with Crippen molar-refractivity contribution < 1.29 is 12.1 Å². The van der Waals surface area contributed by atoms with Crippen molar-refractivity contribution in [3.63, 3.8) is 0 Å². The molecule has 0 spiro atoms. The topological polar surface area (TPSA) is 48.2 Å². The van der Waals surface area contributed by atoms with Crippen LogP contribution in [0.25, 0.3) is 5.70 Å². The fraction of sp³-hybridized carbons (Fsp3) is 0.125. The van der Waals surface area contributed by atoms with Gasteiger partial charge in [0.1, 0.15) is 12.4 Å². The molecule has 5 heteroatoms. The normalized spacial score (nSPS) is 19.8. The van der Waals surface area contributed by atoms with E-state index in [4.69, 9.17) is 18.5 Å². The molecule has 1 N–H and O–H groups in total. The summed E-state index contributed by atoms with van der Waals surface area (Å²) in [6.07, 6.45) is 0. The minimum Gasteiger partial charge on any atom is -0.288 e. The maximum absolute atomic E-state index is 10.6. The van der Waals surface area contributed by atoms with E-state index in [1.54, 1.807) is 12.1 Å². The van der Waals surface area contributed by atoms with Gasteiger partial charge in [0, 0.05) is 22.9 Å². The predicted octanol–water partition coefficient (Wildman–Crippen LogP) is 1.85. The Hall–Kier alpha value is -2.17. The van der Waals surface area contributed by atoms with E-state index in [0.717, 1.165) is 5.06 Å². The van der Waals surface area contributed by atoms with Gasteiger partial charge in [0.2, 0.25) is 0 Å². The van der Waals surface area contributed by atoms with Gasteiger partial charge in [0.15, 0.2) is 0 Å². The molecule has 0 fully saturated rings. The lowest BCUT2D eigenvalue weighted by Crippen LogP contribution is -2.31. The highest BCUT2D eigenvalue weighted by atomic mass is 35.5. The van der Waals surface area contributed by atoms with Crippen LogP contribution in [0.15, 0.2) is 58.4 Å². The molecule has 0 aliphatic carbocycles. The highest BCUT2D eigenvalue weighted by Gasteiger charge is 2.17. The van der Waals surface area contributed by atoms with Crippen molar-refractivity contribution >= 4 is 23.1 Å². The van der Waals surface area contributed by atoms with Gasteiger partial charge in [-0.25, -0.2) is 10.1 Å². The summed E-state index contributed by atoms with van der Waals surface area (Å²) in [6, 6.07) is 2.43. The third-order valence-electron chi connectivity index (χ3n) is 3.01. The summed E-state index contributed by atoms with van der Waals surface area (Å²) in [5.41, 5.74) is -0.100. The zero-order valence-corrected chi connectivity index (χ0v) is 11.9. The van der Waals surface area contributed by atoms with E-state index in [1.165, 1.54) is 13.1 Å². The summed E-state index contributed by atoms with van der Waals surface area (Å²) in [6.45, 7) is -0.111. The van der Waals surface area contributed by atoms with E-state index in [1.807, 2.05) is 0 Å². The summed E-state index contributed by atoms with van der Waals surface area (Å²) in [7, 11) is 1.53. The Balaban J connectivity index is 2.55. The van der Waals surface area contributed by atoms with Crippen LogP contribution in [0.3, 0.4) is 0 Å². The monoisotopic (exact) mass is 304 g/mol. The zero-order valence-electron chi connectivity index (χ0n) is 16.1. The molecule has 4 nitrogen and oxygen atoms in total. The number of amidine groups is 1. The van der Waals surface area contributed by atoms with Crippen LogP contribution in [0, 0.1) is 0 Å². The highest BCUT2D eigenvalue weighted by molar-refractivity contribution is 6.30. The average Bonchev–Trinajstić information content (AvgIpc) is 2.75. The molecule has 0 unspecified atom stereocenters. The molecular weight excluding hydrogens is 286 g/mol. The molecule has 0 saturated heterocycles. The number of benzene rings is 2. The maximum Gasteiger partial charge on any atom is 0.145 e. The van der Waals surface area contributed by atoms with Gasteiger partial charge in [0.25, 0.3) is 0 Å². The number of nitrogens with zero attached hydrogens (tertiary/aromatic N) is 3. The lowest BCUT2D eigenvalue weighted by molar-refractivity contribution is -0.0119. The molecule has 106 valence electrons. The molecular formula is C16H14ClN3O. The second kappa shape index (κ2) is 5.68. The third-order valence-corrected chi connectivity index (χ3v) is 3.24. The number of fused-ring (bicyclic) bond motifs is 1. The van der Waals surface area contributed by atoms with Crippen LogP contribution in [0.5, 0.6) is 0 Å². The van der Waals surface area contributed by atoms with Crippen LogP contribution in [0.1, 0.15) is 12.4 Å². The van der Waals surface area contributed by atoms with Crippen molar-refractivity contribution in [1.29, 1.82) is 0 Å². The van der Waals surface area contributed by atoms with Crippen LogP contribution in [0.2, 0.25) is 5.02 Å². The van der Waals surface area contributed by atoms with E-state index >= 15 is 0 Å². The molecule has 1 heterocycles. The van der Waals surface area contributed by atoms with Crippen LogP contribution in [0.4, 0.5) is 0 Å². The molecule has 2 aromatic carbocycles. The minimum atomic E-state index is -0.505. The molecule has 1 aliphatic heterocycles. The first kappa shape index (κ1) is 8.97. The van der Waals surface area contributed by atoms with Crippen LogP contribution in [-0.2, 0) is 0 Å². The number of hydroxylamine groups is 2. The fourth-order valence-electron chi connectivity index (χ4n) is 2.07. The first-order chi connectivity index (χ1) is 12.3. The van der Waals surface area contributed by atoms with Crippen molar-refractivity contribution in [2.75, 3.05) is 13.6 Å². The van der Waals surface area contributed by atoms with Crippen LogP contribution >= 0.6 is 11.6 Å². The molecule has 0 saturated carbocycles. The van der Waals surface area contributed by atoms with E-state index in [-0.39, 0.29) is 17.8 Å². The van der Waals surface area contributed by atoms with Crippen molar-refractivity contribution in [2.45, 2.75) is 0 Å². The van der Waals surface area contributed by atoms with Gasteiger partial charge in [-0.05, 0) is 18.2 Å². The molecule has 21 heavy (non-hydrogen) atoms. The largest absolute Gasteiger partial charge is 0.288 e. The first-order valence-electron chi connectivity index (χ1n) is 8.64. The van der Waals surface area contributed by atoms with E-state index < -0.39 is 30.2 Å². The molecule has 0 bridgehead atoms. The molecule has 3 rings (SSSR count). The summed E-state index contributed by atoms with van der Waals surface area (Å²) in [5, 5.41) is 12.5. The van der Waals surface area contributed by atoms with Crippen LogP contribution in [-0.4, -0.2) is 29.7 Å². The van der Waals surface area contributed by atoms with Crippen molar-refractivity contribution in [3.05, 3.63) is 69.6 Å². The number of hydrogen-bond acceptors (Lipinski definition) is 3. The molecule has 2 aromatic rings. The summed E-state index contributed by atoms with van der Waals surface area (Å²) in [4.78, 5) is 8.37. The fourth-order valence-corrected chi connectivity index (χ4v) is 2.25. The average molecular weight is 305 g/mol. The standard InChI is InChI=1S/C16H14ClN3O/c1-18-15-10-20(21)16(11-5-3-2-4-6-11)13-9-12(17)7-8-14(13)19-15/h2-9,21H,10H2,1H3/i2D,3D,4D,5D,6D. The lowest BCUT2D eigenvalue weighted by atomic mass is 10.1. The van der Waals surface area contributed by atoms with Crippen molar-refractivity contribution in [1.82, 2.24) is 5.06 Å². The number of aliphatic imine (C=N–C) groups is 1.